The van der Waals surface area contributed by atoms with Gasteiger partial charge in [-0.2, -0.15) is 5.10 Å². The molecule has 0 aliphatic carbocycles. The lowest BCUT2D eigenvalue weighted by Gasteiger charge is -2.42. The van der Waals surface area contributed by atoms with Crippen LogP contribution < -0.4 is 0 Å². The maximum Gasteiger partial charge on any atom is 0.254 e. The first kappa shape index (κ1) is 18.7. The Balaban J connectivity index is 1.52. The monoisotopic (exact) mass is 382 g/mol. The van der Waals surface area contributed by atoms with E-state index in [1.54, 1.807) is 18.1 Å². The van der Waals surface area contributed by atoms with Crippen LogP contribution in [-0.4, -0.2) is 64.7 Å². The van der Waals surface area contributed by atoms with E-state index in [0.717, 1.165) is 29.7 Å². The minimum Gasteiger partial charge on any atom is -0.356 e. The van der Waals surface area contributed by atoms with Crippen molar-refractivity contribution in [2.24, 2.45) is 0 Å². The Labute approximate surface area is 164 Å². The highest BCUT2D eigenvalue weighted by molar-refractivity contribution is 5.86. The molecule has 2 amide bonds. The minimum atomic E-state index is -0.674. The van der Waals surface area contributed by atoms with Crippen LogP contribution in [0, 0.1) is 6.92 Å². The first-order valence-electron chi connectivity index (χ1n) is 9.77. The van der Waals surface area contributed by atoms with E-state index in [1.807, 2.05) is 42.2 Å². The highest BCUT2D eigenvalue weighted by Crippen LogP contribution is 2.33. The van der Waals surface area contributed by atoms with Crippen molar-refractivity contribution in [2.75, 3.05) is 26.7 Å². The van der Waals surface area contributed by atoms with Gasteiger partial charge in [0.25, 0.3) is 5.91 Å². The molecule has 28 heavy (non-hydrogen) atoms. The van der Waals surface area contributed by atoms with Crippen molar-refractivity contribution in [2.45, 2.75) is 37.8 Å². The number of nitrogens with zero attached hydrogens (tertiary/aromatic N) is 3. The number of aryl methyl sites for hydroxylation is 1. The Morgan fingerprint density at radius 2 is 1.96 bits per heavy atom. The lowest BCUT2D eigenvalue weighted by molar-refractivity contribution is -0.168. The van der Waals surface area contributed by atoms with Gasteiger partial charge in [0.1, 0.15) is 6.61 Å². The molecule has 0 bridgehead atoms. The Bertz CT molecular complexity index is 843. The van der Waals surface area contributed by atoms with E-state index in [0.29, 0.717) is 19.0 Å². The van der Waals surface area contributed by atoms with Crippen molar-refractivity contribution in [1.29, 1.82) is 0 Å². The molecule has 0 saturated carbocycles. The molecule has 2 atom stereocenters. The summed E-state index contributed by atoms with van der Waals surface area (Å²) >= 11 is 0. The minimum absolute atomic E-state index is 0.0318. The van der Waals surface area contributed by atoms with Gasteiger partial charge in [0, 0.05) is 37.9 Å². The average molecular weight is 382 g/mol. The normalized spacial score (nSPS) is 23.9. The zero-order chi connectivity index (χ0) is 19.7. The average Bonchev–Trinajstić information content (AvgIpc) is 3.25. The summed E-state index contributed by atoms with van der Waals surface area (Å²) in [6, 6.07) is 9.47. The van der Waals surface area contributed by atoms with E-state index in [9.17, 15) is 9.59 Å². The van der Waals surface area contributed by atoms with Gasteiger partial charge >= 0.3 is 0 Å². The van der Waals surface area contributed by atoms with E-state index < -0.39 is 12.1 Å². The van der Waals surface area contributed by atoms with Crippen molar-refractivity contribution in [1.82, 2.24) is 20.0 Å². The molecule has 2 aliphatic rings. The van der Waals surface area contributed by atoms with E-state index in [2.05, 4.69) is 10.2 Å². The second-order valence-corrected chi connectivity index (χ2v) is 7.65. The van der Waals surface area contributed by atoms with Gasteiger partial charge in [-0.1, -0.05) is 24.3 Å². The topological polar surface area (TPSA) is 78.5 Å². The van der Waals surface area contributed by atoms with Crippen molar-refractivity contribution in [3.63, 3.8) is 0 Å². The number of aromatic nitrogens is 2. The molecule has 0 spiro atoms. The van der Waals surface area contributed by atoms with Crippen LogP contribution in [0.15, 0.2) is 36.5 Å². The lowest BCUT2D eigenvalue weighted by Crippen LogP contribution is -2.55. The molecule has 2 aliphatic heterocycles. The molecule has 1 aromatic heterocycles. The number of H-pyrrole nitrogens is 1. The Morgan fingerprint density at radius 3 is 2.64 bits per heavy atom. The third-order valence-electron chi connectivity index (χ3n) is 6.00. The second kappa shape index (κ2) is 7.75. The van der Waals surface area contributed by atoms with Crippen LogP contribution in [0.4, 0.5) is 0 Å². The maximum atomic E-state index is 13.3. The summed E-state index contributed by atoms with van der Waals surface area (Å²) < 4.78 is 5.80. The second-order valence-electron chi connectivity index (χ2n) is 7.65. The molecule has 7 heteroatoms. The third-order valence-corrected chi connectivity index (χ3v) is 6.00. The summed E-state index contributed by atoms with van der Waals surface area (Å²) in [5, 5.41) is 7.07. The highest BCUT2D eigenvalue weighted by Gasteiger charge is 2.42. The summed E-state index contributed by atoms with van der Waals surface area (Å²) in [5.74, 6) is 0.265. The number of likely N-dealkylation sites (N-methyl/N-ethyl adjacent to an activating group) is 1. The molecule has 2 unspecified atom stereocenters. The molecule has 3 heterocycles. The molecule has 0 radical (unpaired) electrons. The van der Waals surface area contributed by atoms with Crippen molar-refractivity contribution >= 4 is 11.8 Å². The number of nitrogens with one attached hydrogen (secondary N) is 1. The summed E-state index contributed by atoms with van der Waals surface area (Å²) in [7, 11) is 1.76. The Hall–Kier alpha value is -2.67. The van der Waals surface area contributed by atoms with Gasteiger partial charge in [-0.25, -0.2) is 0 Å². The molecule has 7 nitrogen and oxygen atoms in total. The van der Waals surface area contributed by atoms with Crippen LogP contribution in [0.1, 0.15) is 41.6 Å². The summed E-state index contributed by atoms with van der Waals surface area (Å²) in [4.78, 5) is 29.2. The lowest BCUT2D eigenvalue weighted by atomic mass is 9.91. The number of aromatic amines is 1. The largest absolute Gasteiger partial charge is 0.356 e. The molecule has 1 aromatic carbocycles. The first-order chi connectivity index (χ1) is 13.6. The predicted octanol–water partition coefficient (Wildman–Crippen LogP) is 2.02. The SMILES string of the molecule is Cc1ccccc1C1C(C(=O)N2CCC(c3ccn[nH]3)CC2)OCC(=O)N1C. The van der Waals surface area contributed by atoms with Gasteiger partial charge in [0.2, 0.25) is 5.91 Å². The fourth-order valence-electron chi connectivity index (χ4n) is 4.29. The van der Waals surface area contributed by atoms with Gasteiger partial charge in [0.05, 0.1) is 6.04 Å². The van der Waals surface area contributed by atoms with Crippen LogP contribution in [-0.2, 0) is 14.3 Å². The van der Waals surface area contributed by atoms with E-state index in [4.69, 9.17) is 4.74 Å². The molecule has 2 saturated heterocycles. The number of morpholine rings is 1. The molecule has 148 valence electrons. The summed E-state index contributed by atoms with van der Waals surface area (Å²) in [6.45, 7) is 3.31. The van der Waals surface area contributed by atoms with Crippen LogP contribution in [0.2, 0.25) is 0 Å². The number of ether oxygens (including phenoxy) is 1. The van der Waals surface area contributed by atoms with E-state index in [-0.39, 0.29) is 18.4 Å². The number of hydrogen-bond acceptors (Lipinski definition) is 4. The Morgan fingerprint density at radius 1 is 1.21 bits per heavy atom. The van der Waals surface area contributed by atoms with Crippen molar-refractivity contribution in [3.8, 4) is 0 Å². The fraction of sp³-hybridized carbons (Fsp3) is 0.476. The molecule has 2 aromatic rings. The quantitative estimate of drug-likeness (QED) is 0.881. The first-order valence-corrected chi connectivity index (χ1v) is 9.77. The van der Waals surface area contributed by atoms with E-state index >= 15 is 0 Å². The summed E-state index contributed by atoms with van der Waals surface area (Å²) in [6.07, 6.45) is 2.88. The predicted molar refractivity (Wildman–Crippen MR) is 104 cm³/mol. The zero-order valence-electron chi connectivity index (χ0n) is 16.3. The van der Waals surface area contributed by atoms with Crippen LogP contribution >= 0.6 is 0 Å². The number of rotatable bonds is 3. The van der Waals surface area contributed by atoms with E-state index in [1.165, 1.54) is 0 Å². The molecule has 4 rings (SSSR count). The summed E-state index contributed by atoms with van der Waals surface area (Å²) in [5.41, 5.74) is 3.14. The van der Waals surface area contributed by atoms with Crippen LogP contribution in [0.3, 0.4) is 0 Å². The number of hydrogen-bond donors (Lipinski definition) is 1. The zero-order valence-corrected chi connectivity index (χ0v) is 16.3. The molecule has 2 fully saturated rings. The third kappa shape index (κ3) is 3.42. The molecular formula is C21H26N4O3. The van der Waals surface area contributed by atoms with Gasteiger partial charge in [-0.3, -0.25) is 14.7 Å². The number of carbonyl (C=O) groups is 2. The number of piperidine rings is 1. The maximum absolute atomic E-state index is 13.3. The van der Waals surface area contributed by atoms with Crippen molar-refractivity contribution < 1.29 is 14.3 Å². The number of likely N-dealkylation sites (tertiary alicyclic amines) is 1. The van der Waals surface area contributed by atoms with Gasteiger partial charge in [0.15, 0.2) is 6.10 Å². The number of carbonyl (C=O) groups excluding carboxylic acids is 2. The van der Waals surface area contributed by atoms with Gasteiger partial charge in [-0.05, 0) is 37.0 Å². The Kier molecular flexibility index (Phi) is 5.17. The number of benzene rings is 1. The van der Waals surface area contributed by atoms with Crippen molar-refractivity contribution in [3.05, 3.63) is 53.3 Å². The highest BCUT2D eigenvalue weighted by atomic mass is 16.5. The molecule has 1 N–H and O–H groups in total. The van der Waals surface area contributed by atoms with Gasteiger partial charge < -0.3 is 14.5 Å². The van der Waals surface area contributed by atoms with Crippen LogP contribution in [0.5, 0.6) is 0 Å². The smallest absolute Gasteiger partial charge is 0.254 e. The standard InChI is InChI=1S/C21H26N4O3/c1-14-5-3-4-6-16(14)19-20(28-13-18(26)24(19)2)21(27)25-11-8-15(9-12-25)17-7-10-22-23-17/h3-7,10,15,19-20H,8-9,11-13H2,1-2H3,(H,22,23). The van der Waals surface area contributed by atoms with Gasteiger partial charge in [-0.15, -0.1) is 0 Å². The van der Waals surface area contributed by atoms with Crippen LogP contribution in [0.25, 0.3) is 0 Å². The molecular weight excluding hydrogens is 356 g/mol. The fourth-order valence-corrected chi connectivity index (χ4v) is 4.29. The number of amides is 2.